The summed E-state index contributed by atoms with van der Waals surface area (Å²) in [4.78, 5) is 15.9. The van der Waals surface area contributed by atoms with E-state index in [9.17, 15) is 9.90 Å². The minimum absolute atomic E-state index is 0.134. The van der Waals surface area contributed by atoms with Gasteiger partial charge < -0.3 is 9.84 Å². The highest BCUT2D eigenvalue weighted by atomic mass is 35.5. The lowest BCUT2D eigenvalue weighted by Gasteiger charge is -2.01. The lowest BCUT2D eigenvalue weighted by atomic mass is 10.3. The zero-order valence-electron chi connectivity index (χ0n) is 10.6. The van der Waals surface area contributed by atoms with Gasteiger partial charge in [0.05, 0.1) is 28.2 Å². The van der Waals surface area contributed by atoms with E-state index in [0.29, 0.717) is 20.6 Å². The summed E-state index contributed by atoms with van der Waals surface area (Å²) in [6.45, 7) is 0. The van der Waals surface area contributed by atoms with Crippen LogP contribution in [0.4, 0.5) is 0 Å². The summed E-state index contributed by atoms with van der Waals surface area (Å²) < 4.78 is 6.33. The van der Waals surface area contributed by atoms with Crippen molar-refractivity contribution in [2.24, 2.45) is 0 Å². The number of imidazole rings is 1. The number of methoxy groups -OCH3 is 1. The first kappa shape index (κ1) is 14.2. The minimum atomic E-state index is -0.589. The Morgan fingerprint density at radius 2 is 2.05 bits per heavy atom. The highest BCUT2D eigenvalue weighted by molar-refractivity contribution is 7.16. The van der Waals surface area contributed by atoms with Crippen molar-refractivity contribution in [1.29, 1.82) is 0 Å². The number of rotatable bonds is 2. The zero-order chi connectivity index (χ0) is 15.1. The predicted molar refractivity (Wildman–Crippen MR) is 82.0 cm³/mol. The van der Waals surface area contributed by atoms with Gasteiger partial charge in [-0.05, 0) is 12.1 Å². The summed E-state index contributed by atoms with van der Waals surface area (Å²) in [5.41, 5.74) is 1.39. The first-order valence-corrected chi connectivity index (χ1v) is 7.32. The van der Waals surface area contributed by atoms with Crippen LogP contribution in [0.15, 0.2) is 24.5 Å². The molecule has 1 aromatic carbocycles. The maximum Gasteiger partial charge on any atom is 0.351 e. The molecule has 8 heteroatoms. The van der Waals surface area contributed by atoms with Crippen LogP contribution in [0.5, 0.6) is 5.75 Å². The molecular formula is C13H8Cl2N2O3S. The van der Waals surface area contributed by atoms with Crippen molar-refractivity contribution in [3.05, 3.63) is 39.4 Å². The van der Waals surface area contributed by atoms with Crippen LogP contribution in [0.2, 0.25) is 10.0 Å². The highest BCUT2D eigenvalue weighted by Gasteiger charge is 2.18. The molecule has 0 bridgehead atoms. The van der Waals surface area contributed by atoms with Gasteiger partial charge in [-0.1, -0.05) is 23.2 Å². The third kappa shape index (κ3) is 2.35. The molecule has 2 aromatic heterocycles. The highest BCUT2D eigenvalue weighted by Crippen LogP contribution is 2.34. The Kier molecular flexibility index (Phi) is 3.52. The van der Waals surface area contributed by atoms with E-state index in [-0.39, 0.29) is 10.6 Å². The second-order valence-corrected chi connectivity index (χ2v) is 6.01. The first-order chi connectivity index (χ1) is 10.0. The maximum absolute atomic E-state index is 11.5. The smallest absolute Gasteiger partial charge is 0.351 e. The van der Waals surface area contributed by atoms with Crippen LogP contribution >= 0.6 is 34.5 Å². The van der Waals surface area contributed by atoms with E-state index < -0.39 is 5.97 Å². The quantitative estimate of drug-likeness (QED) is 0.717. The first-order valence-electron chi connectivity index (χ1n) is 5.75. The fourth-order valence-corrected chi connectivity index (χ4v) is 3.18. The Bertz CT molecular complexity index is 857. The Balaban J connectivity index is 2.17. The fourth-order valence-electron chi connectivity index (χ4n) is 1.91. The van der Waals surface area contributed by atoms with Gasteiger partial charge in [-0.3, -0.25) is 4.57 Å². The molecule has 0 fully saturated rings. The molecular weight excluding hydrogens is 335 g/mol. The number of benzene rings is 1. The Morgan fingerprint density at radius 3 is 2.76 bits per heavy atom. The van der Waals surface area contributed by atoms with Gasteiger partial charge in [-0.25, -0.2) is 9.78 Å². The standard InChI is InChI=1S/C13H8Cl2N2O3S/c1-20-13(19)12-10(18)4-11(21-12)17-5-16-8-2-6(14)7(15)3-9(8)17/h2-5,18H,1H3. The summed E-state index contributed by atoms with van der Waals surface area (Å²) in [5.74, 6) is -0.724. The molecule has 0 unspecified atom stereocenters. The molecule has 108 valence electrons. The van der Waals surface area contributed by atoms with Crippen LogP contribution < -0.4 is 0 Å². The number of carbonyl (C=O) groups excluding carboxylic acids is 1. The summed E-state index contributed by atoms with van der Waals surface area (Å²) in [6.07, 6.45) is 1.57. The molecule has 5 nitrogen and oxygen atoms in total. The predicted octanol–water partition coefficient (Wildman–Crippen LogP) is 3.89. The molecule has 0 atom stereocenters. The van der Waals surface area contributed by atoms with Crippen LogP contribution in [-0.2, 0) is 4.74 Å². The molecule has 0 aliphatic heterocycles. The van der Waals surface area contributed by atoms with Gasteiger partial charge in [0.15, 0.2) is 4.88 Å². The van der Waals surface area contributed by atoms with Crippen LogP contribution in [-0.4, -0.2) is 27.7 Å². The number of esters is 1. The summed E-state index contributed by atoms with van der Waals surface area (Å²) in [5, 5.41) is 11.3. The number of carbonyl (C=O) groups is 1. The number of ether oxygens (including phenoxy) is 1. The molecule has 1 N–H and O–H groups in total. The Hall–Kier alpha value is -1.76. The lowest BCUT2D eigenvalue weighted by Crippen LogP contribution is -1.97. The number of thiophene rings is 1. The number of halogens is 2. The van der Waals surface area contributed by atoms with Crippen molar-refractivity contribution in [2.75, 3.05) is 7.11 Å². The summed E-state index contributed by atoms with van der Waals surface area (Å²) in [7, 11) is 1.26. The van der Waals surface area contributed by atoms with Gasteiger partial charge in [0.2, 0.25) is 0 Å². The zero-order valence-corrected chi connectivity index (χ0v) is 13.0. The third-order valence-corrected chi connectivity index (χ3v) is 4.72. The van der Waals surface area contributed by atoms with Crippen molar-refractivity contribution in [1.82, 2.24) is 9.55 Å². The number of hydrogen-bond acceptors (Lipinski definition) is 5. The van der Waals surface area contributed by atoms with Crippen molar-refractivity contribution in [3.8, 4) is 10.8 Å². The second-order valence-electron chi connectivity index (χ2n) is 4.16. The molecule has 0 aliphatic rings. The average Bonchev–Trinajstić information content (AvgIpc) is 3.02. The van der Waals surface area contributed by atoms with Crippen LogP contribution in [0.1, 0.15) is 9.67 Å². The normalized spacial score (nSPS) is 11.0. The molecule has 0 radical (unpaired) electrons. The van der Waals surface area contributed by atoms with Crippen LogP contribution in [0.25, 0.3) is 16.0 Å². The molecule has 0 amide bonds. The molecule has 0 saturated heterocycles. The summed E-state index contributed by atoms with van der Waals surface area (Å²) >= 11 is 13.1. The number of hydrogen-bond donors (Lipinski definition) is 1. The molecule has 2 heterocycles. The van der Waals surface area contributed by atoms with E-state index in [1.165, 1.54) is 13.2 Å². The average molecular weight is 343 g/mol. The van der Waals surface area contributed by atoms with Gasteiger partial charge in [-0.15, -0.1) is 11.3 Å². The molecule has 21 heavy (non-hydrogen) atoms. The Labute approximate surface area is 133 Å². The molecule has 0 aliphatic carbocycles. The van der Waals surface area contributed by atoms with Gasteiger partial charge in [0.1, 0.15) is 17.1 Å². The molecule has 0 spiro atoms. The Morgan fingerprint density at radius 1 is 1.33 bits per heavy atom. The maximum atomic E-state index is 11.5. The monoisotopic (exact) mass is 342 g/mol. The number of aromatic hydroxyl groups is 1. The second kappa shape index (κ2) is 5.22. The van der Waals surface area contributed by atoms with E-state index in [1.54, 1.807) is 23.0 Å². The SMILES string of the molecule is COC(=O)c1sc(-n2cnc3cc(Cl)c(Cl)cc32)cc1O. The van der Waals surface area contributed by atoms with E-state index in [4.69, 9.17) is 23.2 Å². The van der Waals surface area contributed by atoms with Gasteiger partial charge in [0, 0.05) is 6.07 Å². The van der Waals surface area contributed by atoms with Gasteiger partial charge >= 0.3 is 5.97 Å². The largest absolute Gasteiger partial charge is 0.506 e. The van der Waals surface area contributed by atoms with Crippen molar-refractivity contribution >= 4 is 51.5 Å². The van der Waals surface area contributed by atoms with Gasteiger partial charge in [0.25, 0.3) is 0 Å². The van der Waals surface area contributed by atoms with Crippen LogP contribution in [0.3, 0.4) is 0 Å². The summed E-state index contributed by atoms with van der Waals surface area (Å²) in [6, 6.07) is 4.81. The van der Waals surface area contributed by atoms with E-state index in [1.807, 2.05) is 0 Å². The topological polar surface area (TPSA) is 64.4 Å². The third-order valence-electron chi connectivity index (χ3n) is 2.90. The lowest BCUT2D eigenvalue weighted by molar-refractivity contribution is 0.0603. The minimum Gasteiger partial charge on any atom is -0.506 e. The molecule has 3 rings (SSSR count). The number of fused-ring (bicyclic) bond motifs is 1. The van der Waals surface area contributed by atoms with Crippen LogP contribution in [0, 0.1) is 0 Å². The van der Waals surface area contributed by atoms with E-state index >= 15 is 0 Å². The molecule has 0 saturated carbocycles. The van der Waals surface area contributed by atoms with Crippen molar-refractivity contribution in [3.63, 3.8) is 0 Å². The van der Waals surface area contributed by atoms with Gasteiger partial charge in [-0.2, -0.15) is 0 Å². The fraction of sp³-hybridized carbons (Fsp3) is 0.0769. The number of nitrogens with zero attached hydrogens (tertiary/aromatic N) is 2. The van der Waals surface area contributed by atoms with E-state index in [0.717, 1.165) is 16.9 Å². The van der Waals surface area contributed by atoms with Crippen molar-refractivity contribution < 1.29 is 14.6 Å². The number of aromatic nitrogens is 2. The molecule has 3 aromatic rings. The van der Waals surface area contributed by atoms with E-state index in [2.05, 4.69) is 9.72 Å². The van der Waals surface area contributed by atoms with Crippen molar-refractivity contribution in [2.45, 2.75) is 0 Å².